The van der Waals surface area contributed by atoms with Crippen molar-refractivity contribution >= 4 is 0 Å². The van der Waals surface area contributed by atoms with E-state index in [1.807, 2.05) is 13.8 Å². The van der Waals surface area contributed by atoms with Crippen LogP contribution in [0.3, 0.4) is 0 Å². The SMILES string of the molecule is CC.CN1CCNCC12CCC2. The molecule has 0 aromatic heterocycles. The van der Waals surface area contributed by atoms with Crippen LogP contribution in [0.25, 0.3) is 0 Å². The van der Waals surface area contributed by atoms with E-state index in [1.54, 1.807) is 0 Å². The summed E-state index contributed by atoms with van der Waals surface area (Å²) in [6.07, 6.45) is 4.26. The molecule has 1 aliphatic heterocycles. The Morgan fingerprint density at radius 2 is 1.92 bits per heavy atom. The number of nitrogens with one attached hydrogen (secondary N) is 1. The van der Waals surface area contributed by atoms with Gasteiger partial charge in [0.25, 0.3) is 0 Å². The van der Waals surface area contributed by atoms with E-state index in [0.717, 1.165) is 0 Å². The summed E-state index contributed by atoms with van der Waals surface area (Å²) >= 11 is 0. The van der Waals surface area contributed by atoms with E-state index in [1.165, 1.54) is 38.9 Å². The topological polar surface area (TPSA) is 15.3 Å². The molecule has 2 fully saturated rings. The Labute approximate surface area is 76.3 Å². The van der Waals surface area contributed by atoms with Crippen molar-refractivity contribution in [2.45, 2.75) is 38.6 Å². The van der Waals surface area contributed by atoms with Gasteiger partial charge in [0.1, 0.15) is 0 Å². The molecule has 0 unspecified atom stereocenters. The lowest BCUT2D eigenvalue weighted by molar-refractivity contribution is 0.0174. The predicted molar refractivity (Wildman–Crippen MR) is 53.4 cm³/mol. The third-order valence-corrected chi connectivity index (χ3v) is 3.17. The molecule has 0 aromatic carbocycles. The Kier molecular flexibility index (Phi) is 3.53. The summed E-state index contributed by atoms with van der Waals surface area (Å²) in [7, 11) is 2.26. The Hall–Kier alpha value is -0.0800. The molecule has 1 heterocycles. The molecule has 0 atom stereocenters. The van der Waals surface area contributed by atoms with E-state index < -0.39 is 0 Å². The van der Waals surface area contributed by atoms with Crippen LogP contribution in [0.4, 0.5) is 0 Å². The van der Waals surface area contributed by atoms with Crippen LogP contribution in [0.1, 0.15) is 33.1 Å². The molecule has 0 aromatic rings. The van der Waals surface area contributed by atoms with Gasteiger partial charge in [0.2, 0.25) is 0 Å². The number of likely N-dealkylation sites (N-methyl/N-ethyl adjacent to an activating group) is 1. The van der Waals surface area contributed by atoms with Crippen LogP contribution in [0.5, 0.6) is 0 Å². The minimum atomic E-state index is 0.582. The Morgan fingerprint density at radius 1 is 1.25 bits per heavy atom. The lowest BCUT2D eigenvalue weighted by Crippen LogP contribution is -2.63. The molecule has 1 saturated heterocycles. The summed E-state index contributed by atoms with van der Waals surface area (Å²) in [5.74, 6) is 0. The minimum absolute atomic E-state index is 0.582. The van der Waals surface area contributed by atoms with E-state index in [9.17, 15) is 0 Å². The maximum absolute atomic E-state index is 3.47. The van der Waals surface area contributed by atoms with Crippen LogP contribution in [0, 0.1) is 0 Å². The highest BCUT2D eigenvalue weighted by atomic mass is 15.2. The third-order valence-electron chi connectivity index (χ3n) is 3.17. The second kappa shape index (κ2) is 4.24. The zero-order valence-electron chi connectivity index (χ0n) is 8.69. The summed E-state index contributed by atoms with van der Waals surface area (Å²) in [5, 5.41) is 3.47. The lowest BCUT2D eigenvalue weighted by atomic mass is 9.74. The van der Waals surface area contributed by atoms with Gasteiger partial charge in [-0.3, -0.25) is 4.90 Å². The van der Waals surface area contributed by atoms with Gasteiger partial charge in [-0.05, 0) is 26.3 Å². The minimum Gasteiger partial charge on any atom is -0.314 e. The van der Waals surface area contributed by atoms with Crippen molar-refractivity contribution in [3.05, 3.63) is 0 Å². The van der Waals surface area contributed by atoms with Crippen LogP contribution < -0.4 is 5.32 Å². The number of rotatable bonds is 0. The van der Waals surface area contributed by atoms with E-state index >= 15 is 0 Å². The first-order valence-electron chi connectivity index (χ1n) is 5.25. The smallest absolute Gasteiger partial charge is 0.0331 e. The van der Waals surface area contributed by atoms with Crippen LogP contribution in [0.15, 0.2) is 0 Å². The molecule has 1 spiro atoms. The molecular weight excluding hydrogens is 148 g/mol. The second-order valence-electron chi connectivity index (χ2n) is 3.68. The van der Waals surface area contributed by atoms with Crippen LogP contribution in [-0.2, 0) is 0 Å². The van der Waals surface area contributed by atoms with Gasteiger partial charge in [-0.2, -0.15) is 0 Å². The molecule has 1 saturated carbocycles. The second-order valence-corrected chi connectivity index (χ2v) is 3.68. The van der Waals surface area contributed by atoms with Gasteiger partial charge < -0.3 is 5.32 Å². The quantitative estimate of drug-likeness (QED) is 0.592. The first kappa shape index (κ1) is 10.0. The van der Waals surface area contributed by atoms with Crippen molar-refractivity contribution < 1.29 is 0 Å². The van der Waals surface area contributed by atoms with E-state index in [4.69, 9.17) is 0 Å². The average molecular weight is 170 g/mol. The molecule has 0 radical (unpaired) electrons. The standard InChI is InChI=1S/C8H16N2.C2H6/c1-10-6-5-9-7-8(10)3-2-4-8;1-2/h9H,2-7H2,1H3;1-2H3. The number of hydrogen-bond donors (Lipinski definition) is 1. The van der Waals surface area contributed by atoms with Gasteiger partial charge in [0.05, 0.1) is 0 Å². The molecule has 1 aliphatic carbocycles. The van der Waals surface area contributed by atoms with Gasteiger partial charge >= 0.3 is 0 Å². The van der Waals surface area contributed by atoms with Crippen molar-refractivity contribution in [1.82, 2.24) is 10.2 Å². The summed E-state index contributed by atoms with van der Waals surface area (Å²) in [6.45, 7) is 7.64. The number of nitrogens with zero attached hydrogens (tertiary/aromatic N) is 1. The van der Waals surface area contributed by atoms with Gasteiger partial charge in [-0.25, -0.2) is 0 Å². The Balaban J connectivity index is 0.000000336. The molecule has 0 amide bonds. The monoisotopic (exact) mass is 170 g/mol. The zero-order valence-corrected chi connectivity index (χ0v) is 8.69. The molecule has 2 heteroatoms. The zero-order chi connectivity index (χ0) is 9.03. The van der Waals surface area contributed by atoms with Gasteiger partial charge in [-0.1, -0.05) is 13.8 Å². The summed E-state index contributed by atoms with van der Waals surface area (Å²) in [6, 6.07) is 0. The molecule has 72 valence electrons. The predicted octanol–water partition coefficient (Wildman–Crippen LogP) is 1.47. The molecule has 2 nitrogen and oxygen atoms in total. The van der Waals surface area contributed by atoms with Crippen molar-refractivity contribution in [3.8, 4) is 0 Å². The fourth-order valence-corrected chi connectivity index (χ4v) is 2.08. The molecule has 1 N–H and O–H groups in total. The molecule has 0 bridgehead atoms. The number of hydrogen-bond acceptors (Lipinski definition) is 2. The van der Waals surface area contributed by atoms with E-state index in [2.05, 4.69) is 17.3 Å². The maximum atomic E-state index is 3.47. The Morgan fingerprint density at radius 3 is 2.25 bits per heavy atom. The van der Waals surface area contributed by atoms with Crippen molar-refractivity contribution in [2.24, 2.45) is 0 Å². The highest BCUT2D eigenvalue weighted by Crippen LogP contribution is 2.37. The molecule has 2 rings (SSSR count). The summed E-state index contributed by atoms with van der Waals surface area (Å²) in [4.78, 5) is 2.53. The van der Waals surface area contributed by atoms with Crippen molar-refractivity contribution in [3.63, 3.8) is 0 Å². The molecule has 12 heavy (non-hydrogen) atoms. The van der Waals surface area contributed by atoms with Crippen LogP contribution >= 0.6 is 0 Å². The fraction of sp³-hybridized carbons (Fsp3) is 1.00. The van der Waals surface area contributed by atoms with Gasteiger partial charge in [0, 0.05) is 25.2 Å². The van der Waals surface area contributed by atoms with E-state index in [0.29, 0.717) is 5.54 Å². The highest BCUT2D eigenvalue weighted by Gasteiger charge is 2.41. The first-order valence-corrected chi connectivity index (χ1v) is 5.25. The van der Waals surface area contributed by atoms with Crippen LogP contribution in [-0.4, -0.2) is 37.1 Å². The highest BCUT2D eigenvalue weighted by molar-refractivity contribution is 5.00. The summed E-state index contributed by atoms with van der Waals surface area (Å²) < 4.78 is 0. The number of piperazine rings is 1. The maximum Gasteiger partial charge on any atom is 0.0331 e. The lowest BCUT2D eigenvalue weighted by Gasteiger charge is -2.51. The molecular formula is C10H22N2. The average Bonchev–Trinajstić information content (AvgIpc) is 2.06. The van der Waals surface area contributed by atoms with Crippen molar-refractivity contribution in [1.29, 1.82) is 0 Å². The normalized spacial score (nSPS) is 27.2. The van der Waals surface area contributed by atoms with Gasteiger partial charge in [-0.15, -0.1) is 0 Å². The van der Waals surface area contributed by atoms with Gasteiger partial charge in [0.15, 0.2) is 0 Å². The van der Waals surface area contributed by atoms with Crippen LogP contribution in [0.2, 0.25) is 0 Å². The first-order chi connectivity index (χ1) is 5.83. The Bertz CT molecular complexity index is 130. The third kappa shape index (κ3) is 1.64. The largest absolute Gasteiger partial charge is 0.314 e. The fourth-order valence-electron chi connectivity index (χ4n) is 2.08. The summed E-state index contributed by atoms with van der Waals surface area (Å²) in [5.41, 5.74) is 0.582. The van der Waals surface area contributed by atoms with E-state index in [-0.39, 0.29) is 0 Å². The van der Waals surface area contributed by atoms with Crippen molar-refractivity contribution in [2.75, 3.05) is 26.7 Å². The molecule has 2 aliphatic rings.